The van der Waals surface area contributed by atoms with Crippen LogP contribution >= 0.6 is 15.9 Å². The molecule has 0 radical (unpaired) electrons. The number of ether oxygens (including phenoxy) is 2. The molecule has 246 valence electrons. The zero-order valence-corrected chi connectivity index (χ0v) is 27.6. The number of rotatable bonds is 12. The van der Waals surface area contributed by atoms with Crippen molar-refractivity contribution in [2.75, 3.05) is 25.5 Å². The van der Waals surface area contributed by atoms with Crippen LogP contribution in [0.1, 0.15) is 34.6 Å². The number of alkyl halides is 2. The fourth-order valence-electron chi connectivity index (χ4n) is 5.88. The van der Waals surface area contributed by atoms with E-state index >= 15 is 8.78 Å². The van der Waals surface area contributed by atoms with Crippen molar-refractivity contribution in [3.05, 3.63) is 136 Å². The van der Waals surface area contributed by atoms with E-state index in [1.165, 1.54) is 7.11 Å². The van der Waals surface area contributed by atoms with Crippen molar-refractivity contribution in [3.63, 3.8) is 0 Å². The van der Waals surface area contributed by atoms with E-state index < -0.39 is 48.5 Å². The van der Waals surface area contributed by atoms with Gasteiger partial charge in [0.25, 0.3) is 5.92 Å². The lowest BCUT2D eigenvalue weighted by molar-refractivity contribution is -0.170. The summed E-state index contributed by atoms with van der Waals surface area (Å²) in [6.07, 6.45) is -1.92. The number of aryl methyl sites for hydroxylation is 1. The van der Waals surface area contributed by atoms with E-state index in [2.05, 4.69) is 31.9 Å². The van der Waals surface area contributed by atoms with E-state index in [9.17, 15) is 9.59 Å². The summed E-state index contributed by atoms with van der Waals surface area (Å²) in [6.45, 7) is 0.506. The van der Waals surface area contributed by atoms with Gasteiger partial charge in [0.15, 0.2) is 0 Å². The number of halogens is 3. The predicted molar refractivity (Wildman–Crippen MR) is 182 cm³/mol. The van der Waals surface area contributed by atoms with Gasteiger partial charge in [-0.2, -0.15) is 0 Å². The number of anilines is 1. The van der Waals surface area contributed by atoms with E-state index in [0.717, 1.165) is 21.2 Å². The molecule has 1 heterocycles. The van der Waals surface area contributed by atoms with Crippen molar-refractivity contribution >= 4 is 33.6 Å². The molecule has 0 bridgehead atoms. The molecule has 0 aromatic heterocycles. The summed E-state index contributed by atoms with van der Waals surface area (Å²) >= 11 is 3.34. The van der Waals surface area contributed by atoms with Crippen LogP contribution in [-0.4, -0.2) is 56.4 Å². The molecular weight excluding hydrogens is 668 g/mol. The minimum atomic E-state index is -3.05. The van der Waals surface area contributed by atoms with E-state index in [4.69, 9.17) is 9.47 Å². The van der Waals surface area contributed by atoms with Crippen molar-refractivity contribution in [1.82, 2.24) is 10.6 Å². The average molecular weight is 707 g/mol. The van der Waals surface area contributed by atoms with E-state index in [1.807, 2.05) is 78.9 Å². The number of hydrogen-bond acceptors (Lipinski definition) is 5. The second-order valence-electron chi connectivity index (χ2n) is 11.6. The Morgan fingerprint density at radius 3 is 2.17 bits per heavy atom. The molecule has 4 aromatic rings. The summed E-state index contributed by atoms with van der Waals surface area (Å²) in [6, 6.07) is 32.2. The first-order valence-electron chi connectivity index (χ1n) is 15.5. The number of hydrogen-bond donors (Lipinski definition) is 3. The molecule has 47 heavy (non-hydrogen) atoms. The molecule has 0 aliphatic carbocycles. The van der Waals surface area contributed by atoms with E-state index in [-0.39, 0.29) is 6.54 Å². The maximum Gasteiger partial charge on any atom is 0.407 e. The van der Waals surface area contributed by atoms with Gasteiger partial charge in [-0.3, -0.25) is 4.79 Å². The van der Waals surface area contributed by atoms with Gasteiger partial charge in [0.1, 0.15) is 12.1 Å². The highest BCUT2D eigenvalue weighted by Gasteiger charge is 2.43. The Morgan fingerprint density at radius 1 is 0.915 bits per heavy atom. The highest BCUT2D eigenvalue weighted by atomic mass is 79.9. The zero-order valence-electron chi connectivity index (χ0n) is 26.0. The summed E-state index contributed by atoms with van der Waals surface area (Å²) in [4.78, 5) is 26.5. The number of carbonyl (C=O) groups is 2. The molecule has 2 amide bonds. The van der Waals surface area contributed by atoms with Crippen LogP contribution in [-0.2, 0) is 27.1 Å². The second kappa shape index (κ2) is 16.1. The van der Waals surface area contributed by atoms with Gasteiger partial charge in [-0.1, -0.05) is 107 Å². The molecule has 3 atom stereocenters. The Bertz CT molecular complexity index is 1570. The first-order valence-corrected chi connectivity index (χ1v) is 16.3. The lowest BCUT2D eigenvalue weighted by atomic mass is 9.84. The third kappa shape index (κ3) is 9.24. The van der Waals surface area contributed by atoms with Gasteiger partial charge in [0.2, 0.25) is 5.91 Å². The highest BCUT2D eigenvalue weighted by molar-refractivity contribution is 9.10. The van der Waals surface area contributed by atoms with E-state index in [0.29, 0.717) is 30.6 Å². The molecule has 7 nitrogen and oxygen atoms in total. The Labute approximate surface area is 282 Å². The minimum Gasteiger partial charge on any atom is -0.453 e. The second-order valence-corrected chi connectivity index (χ2v) is 12.5. The number of morpholine rings is 1. The van der Waals surface area contributed by atoms with Crippen molar-refractivity contribution < 1.29 is 27.8 Å². The van der Waals surface area contributed by atoms with E-state index in [1.54, 1.807) is 30.3 Å². The standard InChI is InChI=1S/C37H38BrF2N3O4/c1-46-36(45)43-34(33(27-11-4-2-5-12-27)28-13-6-3-7-14-28)35(44)42-31-15-9-8-10-26(31)18-21-30-23-41-24-32(47-30)37(39,40)22-25-16-19-29(38)20-17-25/h2-17,19-20,30,32-34,41H,18,21-24H2,1H3,(H,42,44)(H,43,45)/t30-,32?,34?/m1/s1. The molecule has 10 heteroatoms. The molecule has 4 aromatic carbocycles. The third-order valence-electron chi connectivity index (χ3n) is 8.29. The fourth-order valence-corrected chi connectivity index (χ4v) is 6.15. The normalized spacial score (nSPS) is 17.1. The van der Waals surface area contributed by atoms with Gasteiger partial charge < -0.3 is 25.4 Å². The van der Waals surface area contributed by atoms with Gasteiger partial charge in [0.05, 0.1) is 13.2 Å². The smallest absolute Gasteiger partial charge is 0.407 e. The molecule has 0 spiro atoms. The molecule has 5 rings (SSSR count). The van der Waals surface area contributed by atoms with Gasteiger partial charge in [0, 0.05) is 35.6 Å². The molecule has 2 unspecified atom stereocenters. The van der Waals surface area contributed by atoms with Gasteiger partial charge in [-0.05, 0) is 53.3 Å². The number of benzene rings is 4. The van der Waals surface area contributed by atoms with Crippen molar-refractivity contribution in [2.45, 2.75) is 49.4 Å². The number of amides is 2. The lowest BCUT2D eigenvalue weighted by Gasteiger charge is -2.35. The first kappa shape index (κ1) is 34.2. The van der Waals surface area contributed by atoms with Crippen LogP contribution in [0.3, 0.4) is 0 Å². The predicted octanol–water partition coefficient (Wildman–Crippen LogP) is 7.11. The molecule has 1 fully saturated rings. The number of nitrogens with one attached hydrogen (secondary N) is 3. The molecule has 3 N–H and O–H groups in total. The number of para-hydroxylation sites is 1. The van der Waals surface area contributed by atoms with Crippen LogP contribution in [0.4, 0.5) is 19.3 Å². The van der Waals surface area contributed by atoms with Crippen LogP contribution in [0, 0.1) is 0 Å². The summed E-state index contributed by atoms with van der Waals surface area (Å²) in [7, 11) is 1.25. The summed E-state index contributed by atoms with van der Waals surface area (Å²) in [5.74, 6) is -3.99. The quantitative estimate of drug-likeness (QED) is 0.146. The third-order valence-corrected chi connectivity index (χ3v) is 8.81. The molecular formula is C37H38BrF2N3O4. The number of alkyl carbamates (subject to hydrolysis) is 1. The SMILES string of the molecule is COC(=O)NC(C(=O)Nc1ccccc1CC[C@@H]1CNCC(C(F)(F)Cc2ccc(Br)cc2)O1)C(c1ccccc1)c1ccccc1. The van der Waals surface area contributed by atoms with Crippen LogP contribution in [0.25, 0.3) is 0 Å². The maximum atomic E-state index is 15.3. The highest BCUT2D eigenvalue weighted by Crippen LogP contribution is 2.32. The van der Waals surface area contributed by atoms with Crippen LogP contribution < -0.4 is 16.0 Å². The zero-order chi connectivity index (χ0) is 33.2. The van der Waals surface area contributed by atoms with Crippen molar-refractivity contribution in [1.29, 1.82) is 0 Å². The lowest BCUT2D eigenvalue weighted by Crippen LogP contribution is -2.53. The topological polar surface area (TPSA) is 88.7 Å². The Balaban J connectivity index is 1.30. The van der Waals surface area contributed by atoms with Crippen molar-refractivity contribution in [3.8, 4) is 0 Å². The maximum absolute atomic E-state index is 15.3. The Hall–Kier alpha value is -4.12. The minimum absolute atomic E-state index is 0.0608. The average Bonchev–Trinajstić information content (AvgIpc) is 3.09. The van der Waals surface area contributed by atoms with Crippen molar-refractivity contribution in [2.24, 2.45) is 0 Å². The molecule has 0 saturated carbocycles. The van der Waals surface area contributed by atoms with Crippen LogP contribution in [0.2, 0.25) is 0 Å². The number of carbonyl (C=O) groups excluding carboxylic acids is 2. The van der Waals surface area contributed by atoms with Gasteiger partial charge in [-0.15, -0.1) is 0 Å². The fraction of sp³-hybridized carbons (Fsp3) is 0.297. The molecule has 1 aliphatic heterocycles. The van der Waals surface area contributed by atoms with Crippen LogP contribution in [0.5, 0.6) is 0 Å². The largest absolute Gasteiger partial charge is 0.453 e. The molecule has 1 saturated heterocycles. The summed E-state index contributed by atoms with van der Waals surface area (Å²) < 4.78 is 42.2. The van der Waals surface area contributed by atoms with Gasteiger partial charge in [-0.25, -0.2) is 13.6 Å². The Morgan fingerprint density at radius 2 is 1.53 bits per heavy atom. The van der Waals surface area contributed by atoms with Gasteiger partial charge >= 0.3 is 6.09 Å². The Kier molecular flexibility index (Phi) is 11.7. The first-order chi connectivity index (χ1) is 22.7. The number of methoxy groups -OCH3 is 1. The molecule has 1 aliphatic rings. The monoisotopic (exact) mass is 705 g/mol. The van der Waals surface area contributed by atoms with Crippen LogP contribution in [0.15, 0.2) is 114 Å². The summed E-state index contributed by atoms with van der Waals surface area (Å²) in [5.41, 5.74) is 3.61. The summed E-state index contributed by atoms with van der Waals surface area (Å²) in [5, 5.41) is 8.89.